The molecule has 2 fully saturated rings. The van der Waals surface area contributed by atoms with E-state index in [4.69, 9.17) is 20.2 Å². The van der Waals surface area contributed by atoms with Gasteiger partial charge >= 0.3 is 0 Å². The van der Waals surface area contributed by atoms with Gasteiger partial charge < -0.3 is 25.1 Å². The topological polar surface area (TPSA) is 184 Å². The number of anilines is 1. The lowest BCUT2D eigenvalue weighted by atomic mass is 9.87. The van der Waals surface area contributed by atoms with Crippen LogP contribution in [-0.2, 0) is 25.9 Å². The van der Waals surface area contributed by atoms with E-state index in [9.17, 15) is 13.2 Å². The first-order chi connectivity index (χ1) is 19.8. The van der Waals surface area contributed by atoms with Gasteiger partial charge in [0.25, 0.3) is 5.91 Å². The molecule has 3 N–H and O–H groups in total. The molecular weight excluding hydrogens is 550 g/mol. The summed E-state index contributed by atoms with van der Waals surface area (Å²) in [5.41, 5.74) is 9.55. The number of fused-ring (bicyclic) bond motifs is 3. The number of sulfone groups is 1. The van der Waals surface area contributed by atoms with Gasteiger partial charge in [-0.25, -0.2) is 13.4 Å². The molecule has 3 atom stereocenters. The van der Waals surface area contributed by atoms with Gasteiger partial charge in [0.1, 0.15) is 17.0 Å². The van der Waals surface area contributed by atoms with Crippen LogP contribution in [0.2, 0.25) is 0 Å². The van der Waals surface area contributed by atoms with Gasteiger partial charge in [0.15, 0.2) is 15.5 Å². The molecule has 0 saturated carbocycles. The monoisotopic (exact) mass is 581 g/mol. The fourth-order valence-corrected chi connectivity index (χ4v) is 7.09. The second kappa shape index (κ2) is 10.8. The number of rotatable bonds is 9. The number of piperidine rings is 1. The molecule has 4 aromatic heterocycles. The zero-order valence-corrected chi connectivity index (χ0v) is 23.5. The number of hydrogen-bond donors (Lipinski definition) is 2. The number of nitrogen functional groups attached to an aromatic ring is 1. The molecule has 0 radical (unpaired) electrons. The molecule has 0 aliphatic carbocycles. The first-order valence-electron chi connectivity index (χ1n) is 13.3. The summed E-state index contributed by atoms with van der Waals surface area (Å²) in [4.78, 5) is 27.2. The highest BCUT2D eigenvalue weighted by molar-refractivity contribution is 7.91. The van der Waals surface area contributed by atoms with Gasteiger partial charge in [-0.3, -0.25) is 9.78 Å². The molecule has 2 saturated heterocycles. The van der Waals surface area contributed by atoms with Crippen molar-refractivity contribution in [2.75, 3.05) is 32.3 Å². The van der Waals surface area contributed by atoms with Crippen LogP contribution >= 0.6 is 0 Å². The van der Waals surface area contributed by atoms with Crippen LogP contribution in [0.15, 0.2) is 35.7 Å². The summed E-state index contributed by atoms with van der Waals surface area (Å²) in [5.74, 6) is -0.193. The number of carbonyl (C=O) groups excluding carboxylic acids is 1. The summed E-state index contributed by atoms with van der Waals surface area (Å²) in [7, 11) is -2.13. The predicted molar refractivity (Wildman–Crippen MR) is 147 cm³/mol. The first kappa shape index (κ1) is 27.2. The zero-order chi connectivity index (χ0) is 28.7. The molecule has 6 heterocycles. The Morgan fingerprint density at radius 2 is 1.95 bits per heavy atom. The molecule has 6 rings (SSSR count). The number of aromatic amines is 1. The highest BCUT2D eigenvalue weighted by Crippen LogP contribution is 2.45. The van der Waals surface area contributed by atoms with Crippen molar-refractivity contribution < 1.29 is 22.7 Å². The largest absolute Gasteiger partial charge is 0.382 e. The van der Waals surface area contributed by atoms with Gasteiger partial charge in [0, 0.05) is 48.7 Å². The van der Waals surface area contributed by atoms with Crippen LogP contribution in [0.25, 0.3) is 16.8 Å². The molecule has 0 spiro atoms. The second-order valence-corrected chi connectivity index (χ2v) is 12.4. The van der Waals surface area contributed by atoms with E-state index >= 15 is 0 Å². The van der Waals surface area contributed by atoms with Gasteiger partial charge in [-0.15, -0.1) is 10.2 Å². The number of aromatic nitrogens is 7. The van der Waals surface area contributed by atoms with Gasteiger partial charge in [-0.1, -0.05) is 6.07 Å². The van der Waals surface area contributed by atoms with Crippen molar-refractivity contribution in [3.8, 4) is 11.1 Å². The van der Waals surface area contributed by atoms with E-state index in [0.717, 1.165) is 30.4 Å². The third kappa shape index (κ3) is 5.04. The summed E-state index contributed by atoms with van der Waals surface area (Å²) in [6, 6.07) is 3.61. The van der Waals surface area contributed by atoms with Gasteiger partial charge in [-0.2, -0.15) is 9.61 Å². The summed E-state index contributed by atoms with van der Waals surface area (Å²) in [5, 5.41) is 12.0. The quantitative estimate of drug-likeness (QED) is 0.274. The van der Waals surface area contributed by atoms with Crippen LogP contribution in [0.1, 0.15) is 53.6 Å². The molecule has 15 heteroatoms. The normalized spacial score (nSPS) is 20.6. The van der Waals surface area contributed by atoms with Crippen LogP contribution in [0.5, 0.6) is 0 Å². The van der Waals surface area contributed by atoms with Crippen molar-refractivity contribution in [3.63, 3.8) is 0 Å². The summed E-state index contributed by atoms with van der Waals surface area (Å²) < 4.78 is 38.0. The number of H-pyrrole nitrogens is 1. The molecule has 0 unspecified atom stereocenters. The maximum absolute atomic E-state index is 13.1. The predicted octanol–water partition coefficient (Wildman–Crippen LogP) is 1.61. The molecule has 2 aliphatic rings. The van der Waals surface area contributed by atoms with Crippen molar-refractivity contribution in [2.45, 2.75) is 55.2 Å². The van der Waals surface area contributed by atoms with E-state index in [1.54, 1.807) is 19.5 Å². The fraction of sp³-hybridized carbons (Fsp3) is 0.462. The van der Waals surface area contributed by atoms with Gasteiger partial charge in [0.05, 0.1) is 37.4 Å². The number of nitrogens with one attached hydrogen (secondary N) is 1. The first-order valence-corrected chi connectivity index (χ1v) is 15.2. The van der Waals surface area contributed by atoms with Crippen molar-refractivity contribution in [1.82, 2.24) is 39.7 Å². The molecule has 2 bridgehead atoms. The van der Waals surface area contributed by atoms with Crippen LogP contribution in [0.4, 0.5) is 5.82 Å². The Hall–Kier alpha value is -3.95. The fourth-order valence-electron chi connectivity index (χ4n) is 6.03. The number of methoxy groups -OCH3 is 1. The minimum Gasteiger partial charge on any atom is -0.382 e. The third-order valence-electron chi connectivity index (χ3n) is 7.83. The maximum atomic E-state index is 13.1. The van der Waals surface area contributed by atoms with Crippen molar-refractivity contribution in [3.05, 3.63) is 48.1 Å². The van der Waals surface area contributed by atoms with E-state index in [-0.39, 0.29) is 40.4 Å². The summed E-state index contributed by atoms with van der Waals surface area (Å²) >= 11 is 0. The highest BCUT2D eigenvalue weighted by Gasteiger charge is 2.46. The zero-order valence-electron chi connectivity index (χ0n) is 22.7. The number of pyridine rings is 1. The SMILES string of the molecule is COCCOCc1ccc(-c2cnn3c(N)c(S(C)(=O)=O)c([C@H]4C[C@H]5CC[C@@H](C4)N5C(=O)c4nnc[nH]4)nc23)cn1. The van der Waals surface area contributed by atoms with Crippen molar-refractivity contribution in [1.29, 1.82) is 0 Å². The summed E-state index contributed by atoms with van der Waals surface area (Å²) in [6.07, 6.45) is 8.59. The number of carbonyl (C=O) groups is 1. The smallest absolute Gasteiger partial charge is 0.292 e. The van der Waals surface area contributed by atoms with Crippen molar-refractivity contribution >= 4 is 27.2 Å². The van der Waals surface area contributed by atoms with Crippen LogP contribution in [-0.4, -0.2) is 92.7 Å². The molecule has 14 nitrogen and oxygen atoms in total. The standard InChI is InChI=1S/C26H31N9O5S/c1-39-7-8-40-13-17-4-3-15(11-28-17)20-12-31-35-23(27)22(41(2,37)38)21(32-25(20)35)16-9-18-5-6-19(10-16)34(18)26(36)24-29-14-30-33-24/h3-4,11-12,14,16,18-19H,5-10,13,27H2,1-2H3,(H,29,30,33)/t16-,18+,19-. The average molecular weight is 582 g/mol. The molecule has 216 valence electrons. The highest BCUT2D eigenvalue weighted by atomic mass is 32.2. The number of nitrogens with zero attached hydrogens (tertiary/aromatic N) is 7. The minimum atomic E-state index is -3.75. The van der Waals surface area contributed by atoms with Gasteiger partial charge in [0.2, 0.25) is 5.82 Å². The number of amides is 1. The average Bonchev–Trinajstić information content (AvgIpc) is 3.69. The Morgan fingerprint density at radius 3 is 2.59 bits per heavy atom. The van der Waals surface area contributed by atoms with E-state index in [2.05, 4.69) is 25.3 Å². The molecule has 0 aromatic carbocycles. The Kier molecular flexibility index (Phi) is 7.17. The van der Waals surface area contributed by atoms with Crippen LogP contribution in [0.3, 0.4) is 0 Å². The van der Waals surface area contributed by atoms with E-state index in [0.29, 0.717) is 49.6 Å². The summed E-state index contributed by atoms with van der Waals surface area (Å²) in [6.45, 7) is 1.33. The second-order valence-electron chi connectivity index (χ2n) is 10.5. The van der Waals surface area contributed by atoms with Crippen LogP contribution in [0, 0.1) is 0 Å². The van der Waals surface area contributed by atoms with E-state index < -0.39 is 9.84 Å². The minimum absolute atomic E-state index is 0.0132. The molecule has 4 aromatic rings. The maximum Gasteiger partial charge on any atom is 0.292 e. The molecule has 1 amide bonds. The number of hydrogen-bond acceptors (Lipinski definition) is 11. The van der Waals surface area contributed by atoms with E-state index in [1.807, 2.05) is 17.0 Å². The lowest BCUT2D eigenvalue weighted by Crippen LogP contribution is -2.46. The lowest BCUT2D eigenvalue weighted by molar-refractivity contribution is 0.0556. The molecule has 41 heavy (non-hydrogen) atoms. The van der Waals surface area contributed by atoms with Crippen LogP contribution < -0.4 is 5.73 Å². The van der Waals surface area contributed by atoms with E-state index in [1.165, 1.54) is 10.8 Å². The molecule has 2 aliphatic heterocycles. The number of nitrogens with two attached hydrogens (primary N) is 1. The Bertz CT molecular complexity index is 1660. The Balaban J connectivity index is 1.34. The van der Waals surface area contributed by atoms with Gasteiger partial charge in [-0.05, 0) is 31.7 Å². The Morgan fingerprint density at radius 1 is 1.17 bits per heavy atom. The number of ether oxygens (including phenoxy) is 2. The van der Waals surface area contributed by atoms with Crippen molar-refractivity contribution in [2.24, 2.45) is 0 Å². The third-order valence-corrected chi connectivity index (χ3v) is 8.99. The Labute approximate surface area is 236 Å². The molecular formula is C26H31N9O5S. The lowest BCUT2D eigenvalue weighted by Gasteiger charge is -2.38.